The van der Waals surface area contributed by atoms with E-state index in [-0.39, 0.29) is 23.5 Å². The van der Waals surface area contributed by atoms with Crippen LogP contribution in [0.1, 0.15) is 12.8 Å². The summed E-state index contributed by atoms with van der Waals surface area (Å²) >= 11 is 0. The Morgan fingerprint density at radius 1 is 1.25 bits per heavy atom. The lowest BCUT2D eigenvalue weighted by atomic mass is 9.96. The zero-order chi connectivity index (χ0) is 14.5. The van der Waals surface area contributed by atoms with Gasteiger partial charge in [-0.2, -0.15) is 0 Å². The number of likely N-dealkylation sites (tertiary alicyclic amines) is 1. The van der Waals surface area contributed by atoms with Crippen molar-refractivity contribution in [2.24, 2.45) is 11.7 Å². The molecule has 20 heavy (non-hydrogen) atoms. The highest BCUT2D eigenvalue weighted by Gasteiger charge is 2.26. The smallest absolute Gasteiger partial charge is 0.279 e. The largest absolute Gasteiger partial charge is 0.369 e. The number of benzene rings is 1. The zero-order valence-corrected chi connectivity index (χ0v) is 11.2. The molecule has 0 atom stereocenters. The lowest BCUT2D eigenvalue weighted by Crippen LogP contribution is -3.14. The van der Waals surface area contributed by atoms with E-state index in [2.05, 4.69) is 5.32 Å². The molecule has 0 bridgehead atoms. The third-order valence-electron chi connectivity index (χ3n) is 3.63. The number of nitrogens with one attached hydrogen (secondary N) is 2. The number of hydrogen-bond donors (Lipinski definition) is 3. The summed E-state index contributed by atoms with van der Waals surface area (Å²) in [4.78, 5) is 24.1. The molecule has 1 aromatic rings. The summed E-state index contributed by atoms with van der Waals surface area (Å²) < 4.78 is 12.7. The van der Waals surface area contributed by atoms with Crippen LogP contribution in [0.4, 0.5) is 10.1 Å². The van der Waals surface area contributed by atoms with Gasteiger partial charge in [-0.05, 0) is 24.3 Å². The Morgan fingerprint density at radius 3 is 2.40 bits per heavy atom. The molecule has 1 aromatic carbocycles. The van der Waals surface area contributed by atoms with E-state index < -0.39 is 0 Å². The molecule has 0 saturated carbocycles. The number of amides is 2. The van der Waals surface area contributed by atoms with Gasteiger partial charge < -0.3 is 16.0 Å². The number of anilines is 1. The number of halogens is 1. The lowest BCUT2D eigenvalue weighted by molar-refractivity contribution is -0.897. The number of quaternary nitrogens is 1. The number of primary amides is 1. The summed E-state index contributed by atoms with van der Waals surface area (Å²) in [5.41, 5.74) is 5.86. The van der Waals surface area contributed by atoms with E-state index in [0.29, 0.717) is 12.2 Å². The number of carbonyl (C=O) groups is 2. The maximum absolute atomic E-state index is 12.7. The molecule has 0 aromatic heterocycles. The molecule has 4 N–H and O–H groups in total. The second-order valence-electron chi connectivity index (χ2n) is 5.16. The summed E-state index contributed by atoms with van der Waals surface area (Å²) in [7, 11) is 0. The van der Waals surface area contributed by atoms with Crippen LogP contribution < -0.4 is 16.0 Å². The van der Waals surface area contributed by atoms with Crippen LogP contribution in [0.25, 0.3) is 0 Å². The number of rotatable bonds is 4. The van der Waals surface area contributed by atoms with Gasteiger partial charge in [-0.15, -0.1) is 0 Å². The predicted octanol–water partition coefficient (Wildman–Crippen LogP) is -0.456. The first kappa shape index (κ1) is 14.5. The molecule has 1 fully saturated rings. The van der Waals surface area contributed by atoms with E-state index in [1.165, 1.54) is 24.3 Å². The Balaban J connectivity index is 1.78. The number of carbonyl (C=O) groups excluding carboxylic acids is 2. The van der Waals surface area contributed by atoms with E-state index in [9.17, 15) is 14.0 Å². The molecule has 0 radical (unpaired) electrons. The second kappa shape index (κ2) is 6.47. The molecule has 2 rings (SSSR count). The first-order valence-corrected chi connectivity index (χ1v) is 6.73. The van der Waals surface area contributed by atoms with Crippen LogP contribution in [-0.4, -0.2) is 31.4 Å². The van der Waals surface area contributed by atoms with Crippen molar-refractivity contribution >= 4 is 17.5 Å². The predicted molar refractivity (Wildman–Crippen MR) is 72.5 cm³/mol. The molecule has 1 aliphatic rings. The fourth-order valence-electron chi connectivity index (χ4n) is 2.45. The van der Waals surface area contributed by atoms with Gasteiger partial charge >= 0.3 is 0 Å². The topological polar surface area (TPSA) is 76.6 Å². The van der Waals surface area contributed by atoms with E-state index >= 15 is 0 Å². The van der Waals surface area contributed by atoms with E-state index in [1.807, 2.05) is 0 Å². The quantitative estimate of drug-likeness (QED) is 0.698. The first-order valence-electron chi connectivity index (χ1n) is 6.73. The van der Waals surface area contributed by atoms with Gasteiger partial charge in [-0.25, -0.2) is 4.39 Å². The van der Waals surface area contributed by atoms with Crippen LogP contribution >= 0.6 is 0 Å². The van der Waals surface area contributed by atoms with Gasteiger partial charge in [0.1, 0.15) is 5.82 Å². The fraction of sp³-hybridized carbons (Fsp3) is 0.429. The van der Waals surface area contributed by atoms with Crippen molar-refractivity contribution in [2.75, 3.05) is 25.0 Å². The number of nitrogens with two attached hydrogens (primary N) is 1. The molecule has 0 unspecified atom stereocenters. The van der Waals surface area contributed by atoms with Gasteiger partial charge in [0.15, 0.2) is 6.54 Å². The fourth-order valence-corrected chi connectivity index (χ4v) is 2.45. The molecule has 0 spiro atoms. The first-order chi connectivity index (χ1) is 9.54. The van der Waals surface area contributed by atoms with Crippen molar-refractivity contribution in [3.05, 3.63) is 30.1 Å². The number of piperidine rings is 1. The van der Waals surface area contributed by atoms with Gasteiger partial charge in [0.05, 0.1) is 13.1 Å². The Kier molecular flexibility index (Phi) is 4.68. The van der Waals surface area contributed by atoms with Crippen LogP contribution in [0.3, 0.4) is 0 Å². The summed E-state index contributed by atoms with van der Waals surface area (Å²) in [6.45, 7) is 1.89. The molecule has 0 aliphatic carbocycles. The van der Waals surface area contributed by atoms with Crippen molar-refractivity contribution in [3.8, 4) is 0 Å². The molecule has 108 valence electrons. The van der Waals surface area contributed by atoms with Crippen molar-refractivity contribution in [3.63, 3.8) is 0 Å². The van der Waals surface area contributed by atoms with Gasteiger partial charge in [0, 0.05) is 24.4 Å². The molecule has 1 saturated heterocycles. The molecule has 1 heterocycles. The summed E-state index contributed by atoms with van der Waals surface area (Å²) in [6.07, 6.45) is 1.46. The second-order valence-corrected chi connectivity index (χ2v) is 5.16. The van der Waals surface area contributed by atoms with Gasteiger partial charge in [-0.1, -0.05) is 0 Å². The third-order valence-corrected chi connectivity index (χ3v) is 3.63. The van der Waals surface area contributed by atoms with Gasteiger partial charge in [0.25, 0.3) is 5.91 Å². The average Bonchev–Trinajstić information content (AvgIpc) is 2.42. The van der Waals surface area contributed by atoms with Crippen molar-refractivity contribution in [1.82, 2.24) is 0 Å². The SMILES string of the molecule is NC(=O)C1CC[NH+](CC(=O)Nc2ccc(F)cc2)CC1. The van der Waals surface area contributed by atoms with Crippen LogP contribution in [0, 0.1) is 11.7 Å². The van der Waals surface area contributed by atoms with Crippen LogP contribution in [-0.2, 0) is 9.59 Å². The van der Waals surface area contributed by atoms with Crippen LogP contribution in [0.2, 0.25) is 0 Å². The van der Waals surface area contributed by atoms with E-state index in [1.54, 1.807) is 0 Å². The highest BCUT2D eigenvalue weighted by atomic mass is 19.1. The summed E-state index contributed by atoms with van der Waals surface area (Å²) in [6, 6.07) is 5.67. The third kappa shape index (κ3) is 4.03. The van der Waals surface area contributed by atoms with Crippen LogP contribution in [0.15, 0.2) is 24.3 Å². The van der Waals surface area contributed by atoms with E-state index in [4.69, 9.17) is 5.73 Å². The van der Waals surface area contributed by atoms with Gasteiger partial charge in [0.2, 0.25) is 5.91 Å². The maximum Gasteiger partial charge on any atom is 0.279 e. The Morgan fingerprint density at radius 2 is 1.85 bits per heavy atom. The molecular weight excluding hydrogens is 261 g/mol. The van der Waals surface area contributed by atoms with Crippen molar-refractivity contribution in [1.29, 1.82) is 0 Å². The highest BCUT2D eigenvalue weighted by Crippen LogP contribution is 2.09. The minimum Gasteiger partial charge on any atom is -0.369 e. The summed E-state index contributed by atoms with van der Waals surface area (Å²) in [5.74, 6) is -0.745. The monoisotopic (exact) mass is 280 g/mol. The molecule has 1 aliphatic heterocycles. The average molecular weight is 280 g/mol. The normalized spacial score (nSPS) is 22.2. The standard InChI is InChI=1S/C14H18FN3O2/c15-11-1-3-12(4-2-11)17-13(19)9-18-7-5-10(6-8-18)14(16)20/h1-4,10H,5-9H2,(H2,16,20)(H,17,19)/p+1. The van der Waals surface area contributed by atoms with Crippen molar-refractivity contribution < 1.29 is 18.9 Å². The van der Waals surface area contributed by atoms with Gasteiger partial charge in [-0.3, -0.25) is 9.59 Å². The highest BCUT2D eigenvalue weighted by molar-refractivity contribution is 5.91. The van der Waals surface area contributed by atoms with E-state index in [0.717, 1.165) is 30.8 Å². The molecule has 5 nitrogen and oxygen atoms in total. The minimum atomic E-state index is -0.331. The Bertz CT molecular complexity index is 482. The number of hydrogen-bond acceptors (Lipinski definition) is 2. The lowest BCUT2D eigenvalue weighted by Gasteiger charge is -2.27. The molecule has 2 amide bonds. The zero-order valence-electron chi connectivity index (χ0n) is 11.2. The molecular formula is C14H19FN3O2+. The molecule has 6 heteroatoms. The maximum atomic E-state index is 12.7. The Hall–Kier alpha value is -1.95. The van der Waals surface area contributed by atoms with Crippen LogP contribution in [0.5, 0.6) is 0 Å². The Labute approximate surface area is 116 Å². The van der Waals surface area contributed by atoms with Crippen molar-refractivity contribution in [2.45, 2.75) is 12.8 Å². The summed E-state index contributed by atoms with van der Waals surface area (Å²) in [5, 5.41) is 2.73. The minimum absolute atomic E-state index is 0.0566.